The van der Waals surface area contributed by atoms with Crippen LogP contribution in [-0.4, -0.2) is 50.2 Å². The maximum Gasteiger partial charge on any atom is 0.154 e. The molecule has 0 aliphatic carbocycles. The summed E-state index contributed by atoms with van der Waals surface area (Å²) in [5.74, 6) is 0.896. The summed E-state index contributed by atoms with van der Waals surface area (Å²) in [6, 6.07) is 17.0. The topological polar surface area (TPSA) is 41.9 Å². The molecule has 4 nitrogen and oxygen atoms in total. The van der Waals surface area contributed by atoms with E-state index in [9.17, 15) is 5.11 Å². The minimum atomic E-state index is -0.665. The molecule has 2 aromatic rings. The molecule has 0 fully saturated rings. The van der Waals surface area contributed by atoms with Crippen molar-refractivity contribution in [1.82, 2.24) is 4.90 Å². The van der Waals surface area contributed by atoms with Crippen molar-refractivity contribution in [3.8, 4) is 5.75 Å². The van der Waals surface area contributed by atoms with Crippen LogP contribution in [0.5, 0.6) is 5.75 Å². The molecule has 172 valence electrons. The van der Waals surface area contributed by atoms with Crippen LogP contribution in [0.15, 0.2) is 48.5 Å². The molecule has 0 amide bonds. The number of benzene rings is 2. The fraction of sp³-hybridized carbons (Fsp3) is 0.556. The van der Waals surface area contributed by atoms with Gasteiger partial charge in [-0.1, -0.05) is 56.2 Å². The van der Waals surface area contributed by atoms with Crippen LogP contribution in [0.2, 0.25) is 0 Å². The minimum Gasteiger partial charge on any atom is -0.497 e. The van der Waals surface area contributed by atoms with Crippen molar-refractivity contribution in [2.75, 3.05) is 27.7 Å². The minimum absolute atomic E-state index is 0.0290. The third kappa shape index (κ3) is 9.86. The van der Waals surface area contributed by atoms with Crippen molar-refractivity contribution in [3.63, 3.8) is 0 Å². The van der Waals surface area contributed by atoms with E-state index in [0.29, 0.717) is 0 Å². The Hall–Kier alpha value is -1.88. The van der Waals surface area contributed by atoms with Gasteiger partial charge < -0.3 is 19.5 Å². The quantitative estimate of drug-likeness (QED) is 0.311. The molecular weight excluding hydrogens is 386 g/mol. The number of hydrogen-bond acceptors (Lipinski definition) is 4. The number of nitrogens with zero attached hydrogens (tertiary/aromatic N) is 1. The highest BCUT2D eigenvalue weighted by molar-refractivity contribution is 5.31. The number of rotatable bonds is 15. The molecule has 0 aliphatic rings. The molecule has 1 N–H and O–H groups in total. The van der Waals surface area contributed by atoms with Gasteiger partial charge in [-0.2, -0.15) is 0 Å². The number of likely N-dealkylation sites (N-methyl/N-ethyl adjacent to an activating group) is 1. The zero-order chi connectivity index (χ0) is 22.5. The first kappa shape index (κ1) is 25.4. The van der Waals surface area contributed by atoms with Crippen LogP contribution in [0.25, 0.3) is 0 Å². The second-order valence-corrected chi connectivity index (χ2v) is 8.63. The highest BCUT2D eigenvalue weighted by Gasteiger charge is 2.16. The molecule has 0 aliphatic heterocycles. The van der Waals surface area contributed by atoms with Gasteiger partial charge in [0.25, 0.3) is 0 Å². The molecule has 0 bridgehead atoms. The molecule has 0 aromatic heterocycles. The van der Waals surface area contributed by atoms with Crippen LogP contribution in [0, 0.1) is 0 Å². The van der Waals surface area contributed by atoms with Crippen LogP contribution < -0.4 is 4.74 Å². The Bertz CT molecular complexity index is 730. The van der Waals surface area contributed by atoms with Crippen molar-refractivity contribution >= 4 is 0 Å². The molecule has 2 aromatic carbocycles. The van der Waals surface area contributed by atoms with Gasteiger partial charge in [-0.3, -0.25) is 0 Å². The fourth-order valence-electron chi connectivity index (χ4n) is 3.90. The summed E-state index contributed by atoms with van der Waals surface area (Å²) in [6.07, 6.45) is 7.28. The maximum absolute atomic E-state index is 10.3. The Labute approximate surface area is 189 Å². The van der Waals surface area contributed by atoms with Crippen LogP contribution in [-0.2, 0) is 24.0 Å². The summed E-state index contributed by atoms with van der Waals surface area (Å²) in [7, 11) is 5.81. The molecular formula is C27H41NO3. The predicted octanol–water partition coefficient (Wildman–Crippen LogP) is 5.26. The lowest BCUT2D eigenvalue weighted by atomic mass is 9.96. The zero-order valence-corrected chi connectivity index (χ0v) is 19.8. The molecule has 0 saturated heterocycles. The van der Waals surface area contributed by atoms with Gasteiger partial charge in [-0.15, -0.1) is 0 Å². The van der Waals surface area contributed by atoms with Gasteiger partial charge >= 0.3 is 0 Å². The molecule has 0 saturated carbocycles. The summed E-state index contributed by atoms with van der Waals surface area (Å²) in [5.41, 5.74) is 4.09. The van der Waals surface area contributed by atoms with Gasteiger partial charge in [0.1, 0.15) is 5.75 Å². The summed E-state index contributed by atoms with van der Waals surface area (Å²) in [6.45, 7) is 2.99. The third-order valence-electron chi connectivity index (χ3n) is 5.67. The average molecular weight is 428 g/mol. The number of aliphatic hydroxyl groups is 1. The van der Waals surface area contributed by atoms with E-state index in [0.717, 1.165) is 63.7 Å². The Balaban J connectivity index is 1.93. The van der Waals surface area contributed by atoms with Gasteiger partial charge in [-0.25, -0.2) is 0 Å². The Morgan fingerprint density at radius 3 is 2.16 bits per heavy atom. The highest BCUT2D eigenvalue weighted by Crippen LogP contribution is 2.19. The molecule has 0 heterocycles. The Morgan fingerprint density at radius 2 is 1.55 bits per heavy atom. The number of aryl methyl sites for hydroxylation is 3. The van der Waals surface area contributed by atoms with Gasteiger partial charge in [-0.05, 0) is 81.4 Å². The molecule has 2 rings (SSSR count). The predicted molar refractivity (Wildman–Crippen MR) is 129 cm³/mol. The van der Waals surface area contributed by atoms with Gasteiger partial charge in [0.05, 0.1) is 13.2 Å². The molecule has 0 spiro atoms. The first-order valence-corrected chi connectivity index (χ1v) is 11.7. The molecule has 2 atom stereocenters. The maximum atomic E-state index is 10.3. The van der Waals surface area contributed by atoms with E-state index in [4.69, 9.17) is 9.47 Å². The second-order valence-electron chi connectivity index (χ2n) is 8.63. The monoisotopic (exact) mass is 427 g/mol. The van der Waals surface area contributed by atoms with Crippen molar-refractivity contribution in [2.24, 2.45) is 0 Å². The number of aliphatic hydroxyl groups excluding tert-OH is 1. The fourth-order valence-corrected chi connectivity index (χ4v) is 3.90. The van der Waals surface area contributed by atoms with E-state index in [1.165, 1.54) is 16.7 Å². The van der Waals surface area contributed by atoms with Gasteiger partial charge in [0.15, 0.2) is 6.29 Å². The SMILES string of the molecule is CCCCCC(O)O[C@H](CCc1ccccc1CCc1ccc(OC)cc1)CN(C)C. The second kappa shape index (κ2) is 14.2. The smallest absolute Gasteiger partial charge is 0.154 e. The normalized spacial score (nSPS) is 13.4. The standard InChI is InChI=1S/C27H41NO3/c1-5-6-7-12-27(29)31-26(21-28(2)3)20-17-24-11-9-8-10-23(24)16-13-22-14-18-25(30-4)19-15-22/h8-11,14-15,18-19,26-27,29H,5-7,12-13,16-17,20-21H2,1-4H3/t26-,27?/m1/s1. The summed E-state index contributed by atoms with van der Waals surface area (Å²) in [4.78, 5) is 2.14. The van der Waals surface area contributed by atoms with E-state index < -0.39 is 6.29 Å². The number of ether oxygens (including phenoxy) is 2. The van der Waals surface area contributed by atoms with E-state index >= 15 is 0 Å². The number of methoxy groups -OCH3 is 1. The van der Waals surface area contributed by atoms with E-state index in [-0.39, 0.29) is 6.10 Å². The Morgan fingerprint density at radius 1 is 0.871 bits per heavy atom. The summed E-state index contributed by atoms with van der Waals surface area (Å²) in [5, 5.41) is 10.3. The molecule has 1 unspecified atom stereocenters. The number of unbranched alkanes of at least 4 members (excludes halogenated alkanes) is 2. The summed E-state index contributed by atoms with van der Waals surface area (Å²) < 4.78 is 11.3. The lowest BCUT2D eigenvalue weighted by Gasteiger charge is -2.25. The van der Waals surface area contributed by atoms with E-state index in [1.807, 2.05) is 12.1 Å². The number of hydrogen-bond donors (Lipinski definition) is 1. The lowest BCUT2D eigenvalue weighted by molar-refractivity contribution is -0.145. The molecule has 0 radical (unpaired) electrons. The summed E-state index contributed by atoms with van der Waals surface area (Å²) >= 11 is 0. The lowest BCUT2D eigenvalue weighted by Crippen LogP contribution is -2.32. The van der Waals surface area contributed by atoms with Crippen LogP contribution in [0.1, 0.15) is 55.7 Å². The third-order valence-corrected chi connectivity index (χ3v) is 5.67. The van der Waals surface area contributed by atoms with Gasteiger partial charge in [0.2, 0.25) is 0 Å². The van der Waals surface area contributed by atoms with Crippen LogP contribution >= 0.6 is 0 Å². The first-order valence-electron chi connectivity index (χ1n) is 11.7. The van der Waals surface area contributed by atoms with Crippen molar-refractivity contribution < 1.29 is 14.6 Å². The molecule has 4 heteroatoms. The van der Waals surface area contributed by atoms with Crippen molar-refractivity contribution in [3.05, 3.63) is 65.2 Å². The van der Waals surface area contributed by atoms with E-state index in [2.05, 4.69) is 62.3 Å². The van der Waals surface area contributed by atoms with Crippen LogP contribution in [0.3, 0.4) is 0 Å². The highest BCUT2D eigenvalue weighted by atomic mass is 16.6. The molecule has 31 heavy (non-hydrogen) atoms. The van der Waals surface area contributed by atoms with Crippen LogP contribution in [0.4, 0.5) is 0 Å². The first-order chi connectivity index (χ1) is 15.0. The van der Waals surface area contributed by atoms with Gasteiger partial charge in [0, 0.05) is 6.54 Å². The van der Waals surface area contributed by atoms with Crippen molar-refractivity contribution in [1.29, 1.82) is 0 Å². The van der Waals surface area contributed by atoms with E-state index in [1.54, 1.807) is 7.11 Å². The largest absolute Gasteiger partial charge is 0.497 e. The van der Waals surface area contributed by atoms with Crippen molar-refractivity contribution in [2.45, 2.75) is 70.7 Å². The zero-order valence-electron chi connectivity index (χ0n) is 19.8. The average Bonchev–Trinajstić information content (AvgIpc) is 2.76. The Kier molecular flexibility index (Phi) is 11.7.